The molecule has 2 N–H and O–H groups in total. The molecular formula is C11H14FN3O2. The third kappa shape index (κ3) is 3.21. The third-order valence-electron chi connectivity index (χ3n) is 2.56. The number of rotatable bonds is 4. The predicted molar refractivity (Wildman–Crippen MR) is 60.1 cm³/mol. The smallest absolute Gasteiger partial charge is 0.250 e. The molecule has 2 rings (SSSR count). The first-order chi connectivity index (χ1) is 8.07. The van der Waals surface area contributed by atoms with Crippen LogP contribution in [-0.2, 0) is 9.53 Å². The second-order valence-electron chi connectivity index (χ2n) is 4.26. The Morgan fingerprint density at radius 2 is 2.41 bits per heavy atom. The van der Waals surface area contributed by atoms with Crippen molar-refractivity contribution >= 4 is 11.6 Å². The number of hydrogen-bond acceptors (Lipinski definition) is 4. The summed E-state index contributed by atoms with van der Waals surface area (Å²) >= 11 is 0. The highest BCUT2D eigenvalue weighted by molar-refractivity contribution is 5.91. The van der Waals surface area contributed by atoms with E-state index in [4.69, 9.17) is 4.74 Å². The predicted octanol–water partition coefficient (Wildman–Crippen LogP) is 0.538. The van der Waals surface area contributed by atoms with Crippen molar-refractivity contribution < 1.29 is 13.9 Å². The molecule has 17 heavy (non-hydrogen) atoms. The zero-order valence-corrected chi connectivity index (χ0v) is 9.50. The van der Waals surface area contributed by atoms with E-state index < -0.39 is 5.95 Å². The van der Waals surface area contributed by atoms with E-state index in [1.54, 1.807) is 0 Å². The number of carbonyl (C=O) groups excluding carboxylic acids is 1. The number of amides is 1. The van der Waals surface area contributed by atoms with Crippen LogP contribution in [0.15, 0.2) is 18.3 Å². The van der Waals surface area contributed by atoms with E-state index in [1.165, 1.54) is 18.3 Å². The van der Waals surface area contributed by atoms with Gasteiger partial charge in [0.2, 0.25) is 11.9 Å². The Kier molecular flexibility index (Phi) is 3.35. The molecule has 2 heterocycles. The molecule has 0 spiro atoms. The van der Waals surface area contributed by atoms with Crippen LogP contribution in [0.2, 0.25) is 0 Å². The lowest BCUT2D eigenvalue weighted by atomic mass is 10.0. The zero-order chi connectivity index (χ0) is 12.3. The summed E-state index contributed by atoms with van der Waals surface area (Å²) in [5.74, 6) is -0.848. The highest BCUT2D eigenvalue weighted by Crippen LogP contribution is 2.15. The third-order valence-corrected chi connectivity index (χ3v) is 2.56. The van der Waals surface area contributed by atoms with Gasteiger partial charge in [-0.15, -0.1) is 0 Å². The van der Waals surface area contributed by atoms with Crippen LogP contribution in [-0.4, -0.2) is 36.2 Å². The largest absolute Gasteiger partial charge is 0.363 e. The maximum Gasteiger partial charge on any atom is 0.250 e. The average Bonchev–Trinajstić information content (AvgIpc) is 2.27. The van der Waals surface area contributed by atoms with Crippen molar-refractivity contribution in [3.8, 4) is 0 Å². The van der Waals surface area contributed by atoms with Gasteiger partial charge < -0.3 is 15.4 Å². The van der Waals surface area contributed by atoms with E-state index in [9.17, 15) is 9.18 Å². The molecule has 0 aliphatic carbocycles. The lowest BCUT2D eigenvalue weighted by molar-refractivity contribution is -0.130. The SMILES string of the molecule is CC1(OCC(=O)Nc2ccc(F)nc2)CNC1. The zero-order valence-electron chi connectivity index (χ0n) is 9.50. The van der Waals surface area contributed by atoms with E-state index in [1.807, 2.05) is 6.92 Å². The summed E-state index contributed by atoms with van der Waals surface area (Å²) in [6.07, 6.45) is 1.26. The van der Waals surface area contributed by atoms with Crippen LogP contribution < -0.4 is 10.6 Å². The number of anilines is 1. The Bertz CT molecular complexity index is 404. The summed E-state index contributed by atoms with van der Waals surface area (Å²) in [5.41, 5.74) is 0.204. The van der Waals surface area contributed by atoms with Gasteiger partial charge >= 0.3 is 0 Å². The standard InChI is InChI=1S/C11H14FN3O2/c1-11(6-13-7-11)17-5-10(16)15-8-2-3-9(12)14-4-8/h2-4,13H,5-7H2,1H3,(H,15,16). The molecule has 5 nitrogen and oxygen atoms in total. The summed E-state index contributed by atoms with van der Waals surface area (Å²) in [5, 5.41) is 5.65. The van der Waals surface area contributed by atoms with Crippen LogP contribution in [0, 0.1) is 5.95 Å². The summed E-state index contributed by atoms with van der Waals surface area (Å²) in [6.45, 7) is 3.42. The van der Waals surface area contributed by atoms with Crippen molar-refractivity contribution in [1.82, 2.24) is 10.3 Å². The monoisotopic (exact) mass is 239 g/mol. The number of aromatic nitrogens is 1. The summed E-state index contributed by atoms with van der Waals surface area (Å²) < 4.78 is 18.0. The first-order valence-electron chi connectivity index (χ1n) is 5.33. The Labute approximate surface area is 98.4 Å². The topological polar surface area (TPSA) is 63.2 Å². The molecule has 92 valence electrons. The van der Waals surface area contributed by atoms with Crippen molar-refractivity contribution in [3.05, 3.63) is 24.3 Å². The lowest BCUT2D eigenvalue weighted by Crippen LogP contribution is -2.59. The number of halogens is 1. The molecule has 0 saturated carbocycles. The minimum absolute atomic E-state index is 0.0183. The van der Waals surface area contributed by atoms with Gasteiger partial charge in [-0.1, -0.05) is 0 Å². The molecule has 1 aliphatic heterocycles. The molecule has 1 amide bonds. The van der Waals surface area contributed by atoms with Gasteiger partial charge in [0, 0.05) is 13.1 Å². The first kappa shape index (κ1) is 11.9. The molecule has 0 radical (unpaired) electrons. The van der Waals surface area contributed by atoms with Crippen molar-refractivity contribution in [2.45, 2.75) is 12.5 Å². The van der Waals surface area contributed by atoms with Gasteiger partial charge in [-0.05, 0) is 19.1 Å². The summed E-state index contributed by atoms with van der Waals surface area (Å²) in [6, 6.07) is 2.64. The Morgan fingerprint density at radius 1 is 1.65 bits per heavy atom. The number of pyridine rings is 1. The van der Waals surface area contributed by atoms with Crippen LogP contribution in [0.4, 0.5) is 10.1 Å². The average molecular weight is 239 g/mol. The molecule has 1 fully saturated rings. The summed E-state index contributed by atoms with van der Waals surface area (Å²) in [4.78, 5) is 14.9. The number of nitrogens with one attached hydrogen (secondary N) is 2. The van der Waals surface area contributed by atoms with Gasteiger partial charge in [0.25, 0.3) is 0 Å². The molecule has 0 atom stereocenters. The Morgan fingerprint density at radius 3 is 2.94 bits per heavy atom. The molecule has 1 aromatic heterocycles. The van der Waals surface area contributed by atoms with Crippen LogP contribution in [0.25, 0.3) is 0 Å². The minimum Gasteiger partial charge on any atom is -0.363 e. The maximum atomic E-state index is 12.5. The first-order valence-corrected chi connectivity index (χ1v) is 5.33. The van der Waals surface area contributed by atoms with Gasteiger partial charge in [-0.2, -0.15) is 4.39 Å². The highest BCUT2D eigenvalue weighted by Gasteiger charge is 2.32. The van der Waals surface area contributed by atoms with Crippen molar-refractivity contribution in [3.63, 3.8) is 0 Å². The molecule has 6 heteroatoms. The second kappa shape index (κ2) is 4.77. The summed E-state index contributed by atoms with van der Waals surface area (Å²) in [7, 11) is 0. The molecular weight excluding hydrogens is 225 g/mol. The van der Waals surface area contributed by atoms with E-state index in [2.05, 4.69) is 15.6 Å². The van der Waals surface area contributed by atoms with Crippen molar-refractivity contribution in [2.24, 2.45) is 0 Å². The van der Waals surface area contributed by atoms with E-state index in [0.717, 1.165) is 13.1 Å². The number of hydrogen-bond donors (Lipinski definition) is 2. The minimum atomic E-state index is -0.577. The Hall–Kier alpha value is -1.53. The number of carbonyl (C=O) groups is 1. The van der Waals surface area contributed by atoms with Gasteiger partial charge in [0.05, 0.1) is 17.5 Å². The molecule has 0 bridgehead atoms. The van der Waals surface area contributed by atoms with E-state index in [-0.39, 0.29) is 18.1 Å². The molecule has 1 aromatic rings. The van der Waals surface area contributed by atoms with Crippen LogP contribution in [0.1, 0.15) is 6.92 Å². The molecule has 0 unspecified atom stereocenters. The van der Waals surface area contributed by atoms with Gasteiger partial charge in [0.15, 0.2) is 0 Å². The fourth-order valence-corrected chi connectivity index (χ4v) is 1.47. The van der Waals surface area contributed by atoms with E-state index in [0.29, 0.717) is 5.69 Å². The van der Waals surface area contributed by atoms with Gasteiger partial charge in [-0.3, -0.25) is 4.79 Å². The van der Waals surface area contributed by atoms with Gasteiger partial charge in [0.1, 0.15) is 6.61 Å². The number of ether oxygens (including phenoxy) is 1. The van der Waals surface area contributed by atoms with Gasteiger partial charge in [-0.25, -0.2) is 4.98 Å². The quantitative estimate of drug-likeness (QED) is 0.753. The maximum absolute atomic E-state index is 12.5. The number of nitrogens with zero attached hydrogens (tertiary/aromatic N) is 1. The fraction of sp³-hybridized carbons (Fsp3) is 0.455. The molecule has 0 aromatic carbocycles. The highest BCUT2D eigenvalue weighted by atomic mass is 19.1. The van der Waals surface area contributed by atoms with Crippen LogP contribution in [0.3, 0.4) is 0 Å². The molecule has 1 saturated heterocycles. The van der Waals surface area contributed by atoms with Crippen molar-refractivity contribution in [2.75, 3.05) is 25.0 Å². The Balaban J connectivity index is 1.79. The molecule has 1 aliphatic rings. The normalized spacial score (nSPS) is 17.3. The van der Waals surface area contributed by atoms with E-state index >= 15 is 0 Å². The lowest BCUT2D eigenvalue weighted by Gasteiger charge is -2.38. The fourth-order valence-electron chi connectivity index (χ4n) is 1.47. The van der Waals surface area contributed by atoms with Crippen LogP contribution >= 0.6 is 0 Å². The second-order valence-corrected chi connectivity index (χ2v) is 4.26. The van der Waals surface area contributed by atoms with Crippen molar-refractivity contribution in [1.29, 1.82) is 0 Å². The van der Waals surface area contributed by atoms with Crippen LogP contribution in [0.5, 0.6) is 0 Å².